The van der Waals surface area contributed by atoms with Gasteiger partial charge in [0.05, 0.1) is 0 Å². The van der Waals surface area contributed by atoms with Crippen molar-refractivity contribution < 1.29 is 13.9 Å². The molecule has 0 saturated heterocycles. The highest BCUT2D eigenvalue weighted by Crippen LogP contribution is 2.14. The van der Waals surface area contributed by atoms with Gasteiger partial charge in [-0.3, -0.25) is 0 Å². The molecule has 6 heteroatoms. The van der Waals surface area contributed by atoms with Crippen molar-refractivity contribution in [2.24, 2.45) is 0 Å². The number of nitrogens with zero attached hydrogens (tertiary/aromatic N) is 1. The van der Waals surface area contributed by atoms with E-state index in [4.69, 9.17) is 16.3 Å². The Labute approximate surface area is 136 Å². The van der Waals surface area contributed by atoms with Gasteiger partial charge in [-0.15, -0.1) is 0 Å². The largest absolute Gasteiger partial charge is 0.444 e. The van der Waals surface area contributed by atoms with Gasteiger partial charge in [-0.1, -0.05) is 17.7 Å². The summed E-state index contributed by atoms with van der Waals surface area (Å²) < 4.78 is 18.9. The van der Waals surface area contributed by atoms with E-state index in [1.54, 1.807) is 17.0 Å². The lowest BCUT2D eigenvalue weighted by Gasteiger charge is -2.26. The number of benzene rings is 1. The maximum absolute atomic E-state index is 13.6. The second kappa shape index (κ2) is 8.34. The zero-order valence-electron chi connectivity index (χ0n) is 13.6. The topological polar surface area (TPSA) is 41.6 Å². The highest BCUT2D eigenvalue weighted by Gasteiger charge is 2.20. The predicted octanol–water partition coefficient (Wildman–Crippen LogP) is 3.83. The second-order valence-electron chi connectivity index (χ2n) is 5.97. The molecule has 0 heterocycles. The van der Waals surface area contributed by atoms with Crippen molar-refractivity contribution in [2.45, 2.75) is 39.8 Å². The first kappa shape index (κ1) is 18.7. The second-order valence-corrected chi connectivity index (χ2v) is 6.41. The van der Waals surface area contributed by atoms with Crippen LogP contribution in [-0.2, 0) is 11.3 Å². The first-order valence-electron chi connectivity index (χ1n) is 7.35. The molecule has 0 aliphatic carbocycles. The lowest BCUT2D eigenvalue weighted by atomic mass is 10.2. The van der Waals surface area contributed by atoms with Gasteiger partial charge in [0.1, 0.15) is 11.4 Å². The van der Waals surface area contributed by atoms with Crippen LogP contribution in [-0.4, -0.2) is 36.2 Å². The number of likely N-dealkylation sites (N-methyl/N-ethyl adjacent to an activating group) is 1. The van der Waals surface area contributed by atoms with Gasteiger partial charge in [0.2, 0.25) is 0 Å². The molecule has 1 aromatic rings. The van der Waals surface area contributed by atoms with Gasteiger partial charge in [-0.2, -0.15) is 0 Å². The smallest absolute Gasteiger partial charge is 0.410 e. The molecule has 1 aromatic carbocycles. The Kier molecular flexibility index (Phi) is 7.10. The van der Waals surface area contributed by atoms with Crippen molar-refractivity contribution in [1.82, 2.24) is 10.2 Å². The van der Waals surface area contributed by atoms with Crippen LogP contribution in [0.2, 0.25) is 5.02 Å². The molecular formula is C16H24ClFN2O2. The molecule has 0 saturated carbocycles. The summed E-state index contributed by atoms with van der Waals surface area (Å²) in [5, 5.41) is 3.49. The molecule has 0 aliphatic heterocycles. The number of rotatable bonds is 6. The average molecular weight is 331 g/mol. The van der Waals surface area contributed by atoms with E-state index in [2.05, 4.69) is 5.32 Å². The van der Waals surface area contributed by atoms with Crippen molar-refractivity contribution in [1.29, 1.82) is 0 Å². The van der Waals surface area contributed by atoms with Gasteiger partial charge in [-0.25, -0.2) is 9.18 Å². The molecule has 0 unspecified atom stereocenters. The van der Waals surface area contributed by atoms with Gasteiger partial charge in [-0.05, 0) is 39.8 Å². The van der Waals surface area contributed by atoms with E-state index in [0.717, 1.165) is 0 Å². The number of amides is 1. The minimum absolute atomic E-state index is 0.334. The summed E-state index contributed by atoms with van der Waals surface area (Å²) in [6.45, 7) is 9.39. The summed E-state index contributed by atoms with van der Waals surface area (Å²) in [6, 6.07) is 4.59. The highest BCUT2D eigenvalue weighted by atomic mass is 35.5. The highest BCUT2D eigenvalue weighted by molar-refractivity contribution is 6.30. The fourth-order valence-corrected chi connectivity index (χ4v) is 1.97. The van der Waals surface area contributed by atoms with Crippen LogP contribution < -0.4 is 5.32 Å². The SMILES string of the molecule is CCN(CCNCc1ccc(Cl)cc1F)C(=O)OC(C)(C)C. The molecule has 1 amide bonds. The molecule has 1 rings (SSSR count). The minimum Gasteiger partial charge on any atom is -0.444 e. The zero-order chi connectivity index (χ0) is 16.8. The quantitative estimate of drug-likeness (QED) is 0.806. The van der Waals surface area contributed by atoms with Gasteiger partial charge >= 0.3 is 6.09 Å². The molecular weight excluding hydrogens is 307 g/mol. The maximum Gasteiger partial charge on any atom is 0.410 e. The standard InChI is InChI=1S/C16H24ClFN2O2/c1-5-20(15(21)22-16(2,3)4)9-8-19-11-12-6-7-13(17)10-14(12)18/h6-7,10,19H,5,8-9,11H2,1-4H3. The van der Waals surface area contributed by atoms with Crippen LogP contribution in [0, 0.1) is 5.82 Å². The Morgan fingerprint density at radius 3 is 2.64 bits per heavy atom. The number of hydrogen-bond donors (Lipinski definition) is 1. The molecule has 0 aliphatic rings. The van der Waals surface area contributed by atoms with Crippen LogP contribution in [0.1, 0.15) is 33.3 Å². The van der Waals surface area contributed by atoms with Crippen molar-refractivity contribution in [3.63, 3.8) is 0 Å². The summed E-state index contributed by atoms with van der Waals surface area (Å²) in [4.78, 5) is 13.6. The van der Waals surface area contributed by atoms with Gasteiger partial charge in [0, 0.05) is 36.8 Å². The third kappa shape index (κ3) is 6.62. The summed E-state index contributed by atoms with van der Waals surface area (Å²) >= 11 is 5.71. The van der Waals surface area contributed by atoms with E-state index >= 15 is 0 Å². The fourth-order valence-electron chi connectivity index (χ4n) is 1.81. The van der Waals surface area contributed by atoms with E-state index in [-0.39, 0.29) is 11.9 Å². The molecule has 0 aromatic heterocycles. The van der Waals surface area contributed by atoms with E-state index < -0.39 is 5.60 Å². The summed E-state index contributed by atoms with van der Waals surface area (Å²) in [6.07, 6.45) is -0.338. The summed E-state index contributed by atoms with van der Waals surface area (Å²) in [5.74, 6) is -0.334. The molecule has 124 valence electrons. The van der Waals surface area contributed by atoms with Crippen LogP contribution in [0.4, 0.5) is 9.18 Å². The average Bonchev–Trinajstić information content (AvgIpc) is 2.38. The molecule has 0 radical (unpaired) electrons. The van der Waals surface area contributed by atoms with E-state index in [1.165, 1.54) is 6.07 Å². The first-order chi connectivity index (χ1) is 10.2. The van der Waals surface area contributed by atoms with Crippen molar-refractivity contribution in [3.05, 3.63) is 34.6 Å². The molecule has 0 atom stereocenters. The van der Waals surface area contributed by atoms with Crippen molar-refractivity contribution in [2.75, 3.05) is 19.6 Å². The van der Waals surface area contributed by atoms with E-state index in [1.807, 2.05) is 27.7 Å². The van der Waals surface area contributed by atoms with E-state index in [0.29, 0.717) is 36.8 Å². The van der Waals surface area contributed by atoms with Crippen molar-refractivity contribution >= 4 is 17.7 Å². The predicted molar refractivity (Wildman–Crippen MR) is 86.6 cm³/mol. The molecule has 1 N–H and O–H groups in total. The first-order valence-corrected chi connectivity index (χ1v) is 7.73. The molecule has 0 fully saturated rings. The number of hydrogen-bond acceptors (Lipinski definition) is 3. The number of carbonyl (C=O) groups excluding carboxylic acids is 1. The number of nitrogens with one attached hydrogen (secondary N) is 1. The molecule has 4 nitrogen and oxygen atoms in total. The lowest BCUT2D eigenvalue weighted by Crippen LogP contribution is -2.40. The molecule has 0 spiro atoms. The fraction of sp³-hybridized carbons (Fsp3) is 0.562. The number of ether oxygens (including phenoxy) is 1. The molecule has 0 bridgehead atoms. The van der Waals surface area contributed by atoms with Gasteiger partial charge in [0.15, 0.2) is 0 Å². The summed E-state index contributed by atoms with van der Waals surface area (Å²) in [7, 11) is 0. The minimum atomic E-state index is -0.510. The van der Waals surface area contributed by atoms with Crippen LogP contribution in [0.25, 0.3) is 0 Å². The van der Waals surface area contributed by atoms with Crippen LogP contribution in [0.15, 0.2) is 18.2 Å². The zero-order valence-corrected chi connectivity index (χ0v) is 14.3. The van der Waals surface area contributed by atoms with Crippen LogP contribution in [0.3, 0.4) is 0 Å². The lowest BCUT2D eigenvalue weighted by molar-refractivity contribution is 0.0262. The van der Waals surface area contributed by atoms with Gasteiger partial charge < -0.3 is 15.0 Å². The van der Waals surface area contributed by atoms with E-state index in [9.17, 15) is 9.18 Å². The monoisotopic (exact) mass is 330 g/mol. The number of carbonyl (C=O) groups is 1. The Balaban J connectivity index is 2.40. The Hall–Kier alpha value is -1.33. The normalized spacial score (nSPS) is 11.4. The Morgan fingerprint density at radius 1 is 1.41 bits per heavy atom. The maximum atomic E-state index is 13.6. The van der Waals surface area contributed by atoms with Crippen molar-refractivity contribution in [3.8, 4) is 0 Å². The third-order valence-electron chi connectivity index (χ3n) is 2.92. The van der Waals surface area contributed by atoms with Gasteiger partial charge in [0.25, 0.3) is 0 Å². The number of halogens is 2. The third-order valence-corrected chi connectivity index (χ3v) is 3.16. The van der Waals surface area contributed by atoms with Crippen LogP contribution >= 0.6 is 11.6 Å². The van der Waals surface area contributed by atoms with Crippen LogP contribution in [0.5, 0.6) is 0 Å². The Bertz CT molecular complexity index is 503. The summed E-state index contributed by atoms with van der Waals surface area (Å²) in [5.41, 5.74) is 0.0365. The Morgan fingerprint density at radius 2 is 2.09 bits per heavy atom. The molecule has 22 heavy (non-hydrogen) atoms.